The average molecular weight is 415 g/mol. The SMILES string of the molecule is Cc1scc(-c2cccnc2)c1C1=C(c2c(-c3cccnc3)csc2C)CCC1. The zero-order valence-electron chi connectivity index (χ0n) is 16.6. The predicted octanol–water partition coefficient (Wildman–Crippen LogP) is 7.65. The molecule has 29 heavy (non-hydrogen) atoms. The minimum Gasteiger partial charge on any atom is -0.264 e. The second-order valence-electron chi connectivity index (χ2n) is 7.46. The molecule has 5 rings (SSSR count). The number of hydrogen-bond donors (Lipinski definition) is 0. The molecule has 2 nitrogen and oxygen atoms in total. The van der Waals surface area contributed by atoms with Crippen LogP contribution in [0.5, 0.6) is 0 Å². The molecule has 0 aliphatic heterocycles. The monoisotopic (exact) mass is 414 g/mol. The lowest BCUT2D eigenvalue weighted by atomic mass is 9.90. The first-order valence-corrected chi connectivity index (χ1v) is 11.7. The average Bonchev–Trinajstić information content (AvgIpc) is 3.47. The normalized spacial score (nSPS) is 14.0. The topological polar surface area (TPSA) is 25.8 Å². The Morgan fingerprint density at radius 3 is 1.62 bits per heavy atom. The summed E-state index contributed by atoms with van der Waals surface area (Å²) in [4.78, 5) is 11.5. The molecule has 0 amide bonds. The first kappa shape index (κ1) is 18.5. The number of nitrogens with zero attached hydrogens (tertiary/aromatic N) is 2. The molecule has 1 aliphatic carbocycles. The molecule has 0 fully saturated rings. The summed E-state index contributed by atoms with van der Waals surface area (Å²) in [6, 6.07) is 8.40. The van der Waals surface area contributed by atoms with Crippen LogP contribution in [0, 0.1) is 13.8 Å². The van der Waals surface area contributed by atoms with Crippen molar-refractivity contribution in [1.29, 1.82) is 0 Å². The third-order valence-electron chi connectivity index (χ3n) is 5.72. The van der Waals surface area contributed by atoms with Crippen LogP contribution in [0.15, 0.2) is 59.8 Å². The van der Waals surface area contributed by atoms with Crippen LogP contribution in [0.25, 0.3) is 33.4 Å². The van der Waals surface area contributed by atoms with E-state index in [0.717, 1.165) is 12.8 Å². The Hall–Kier alpha value is -2.56. The highest BCUT2D eigenvalue weighted by atomic mass is 32.1. The molecular weight excluding hydrogens is 392 g/mol. The van der Waals surface area contributed by atoms with Crippen molar-refractivity contribution >= 4 is 33.8 Å². The number of aromatic nitrogens is 2. The highest BCUT2D eigenvalue weighted by Crippen LogP contribution is 2.49. The summed E-state index contributed by atoms with van der Waals surface area (Å²) in [5.41, 5.74) is 11.0. The van der Waals surface area contributed by atoms with Crippen LogP contribution in [0.3, 0.4) is 0 Å². The van der Waals surface area contributed by atoms with Crippen LogP contribution < -0.4 is 0 Å². The van der Waals surface area contributed by atoms with Gasteiger partial charge in [-0.2, -0.15) is 0 Å². The maximum absolute atomic E-state index is 4.36. The molecule has 0 unspecified atom stereocenters. The molecule has 0 N–H and O–H groups in total. The molecular formula is C25H22N2S2. The highest BCUT2D eigenvalue weighted by Gasteiger charge is 2.26. The predicted molar refractivity (Wildman–Crippen MR) is 125 cm³/mol. The number of aryl methyl sites for hydroxylation is 2. The highest BCUT2D eigenvalue weighted by molar-refractivity contribution is 7.11. The van der Waals surface area contributed by atoms with Crippen LogP contribution in [0.2, 0.25) is 0 Å². The second-order valence-corrected chi connectivity index (χ2v) is 9.62. The van der Waals surface area contributed by atoms with E-state index < -0.39 is 0 Å². The van der Waals surface area contributed by atoms with Gasteiger partial charge in [0.15, 0.2) is 0 Å². The molecule has 0 aromatic carbocycles. The van der Waals surface area contributed by atoms with E-state index in [0.29, 0.717) is 0 Å². The standard InChI is InChI=1S/C25H22N2S2/c1-16-24(22(14-28-16)18-6-4-10-26-12-18)20-8-3-9-21(20)25-17(2)29-15-23(25)19-7-5-11-27-13-19/h4-7,10-15H,3,8-9H2,1-2H3. The summed E-state index contributed by atoms with van der Waals surface area (Å²) in [5, 5.41) is 4.60. The molecule has 144 valence electrons. The van der Waals surface area contributed by atoms with Crippen LogP contribution in [-0.2, 0) is 0 Å². The van der Waals surface area contributed by atoms with E-state index in [1.54, 1.807) is 0 Å². The van der Waals surface area contributed by atoms with Crippen molar-refractivity contribution in [3.8, 4) is 22.3 Å². The molecule has 4 aromatic heterocycles. The van der Waals surface area contributed by atoms with Gasteiger partial charge in [0.05, 0.1) is 0 Å². The van der Waals surface area contributed by atoms with Crippen LogP contribution in [-0.4, -0.2) is 9.97 Å². The Balaban J connectivity index is 1.71. The summed E-state index contributed by atoms with van der Waals surface area (Å²) in [6.07, 6.45) is 11.2. The third kappa shape index (κ3) is 3.26. The molecule has 0 radical (unpaired) electrons. The zero-order chi connectivity index (χ0) is 19.8. The van der Waals surface area contributed by atoms with E-state index in [4.69, 9.17) is 0 Å². The first-order valence-electron chi connectivity index (χ1n) is 9.93. The summed E-state index contributed by atoms with van der Waals surface area (Å²) < 4.78 is 0. The van der Waals surface area contributed by atoms with E-state index in [-0.39, 0.29) is 0 Å². The van der Waals surface area contributed by atoms with Crippen LogP contribution >= 0.6 is 22.7 Å². The number of pyridine rings is 2. The Morgan fingerprint density at radius 2 is 1.21 bits per heavy atom. The zero-order valence-corrected chi connectivity index (χ0v) is 18.2. The summed E-state index contributed by atoms with van der Waals surface area (Å²) >= 11 is 3.69. The molecule has 0 saturated heterocycles. The smallest absolute Gasteiger partial charge is 0.0346 e. The second kappa shape index (κ2) is 7.69. The Bertz CT molecular complexity index is 1090. The molecule has 4 heteroatoms. The molecule has 0 saturated carbocycles. The van der Waals surface area contributed by atoms with Gasteiger partial charge in [0.1, 0.15) is 0 Å². The number of thiophene rings is 2. The lowest BCUT2D eigenvalue weighted by molar-refractivity contribution is 0.942. The van der Waals surface area contributed by atoms with E-state index in [9.17, 15) is 0 Å². The quantitative estimate of drug-likeness (QED) is 0.343. The molecule has 4 aromatic rings. The van der Waals surface area contributed by atoms with Gasteiger partial charge in [-0.05, 0) is 78.3 Å². The molecule has 0 bridgehead atoms. The molecule has 0 spiro atoms. The van der Waals surface area contributed by atoms with Gasteiger partial charge in [-0.25, -0.2) is 0 Å². The fraction of sp³-hybridized carbons (Fsp3) is 0.200. The van der Waals surface area contributed by atoms with Gasteiger partial charge < -0.3 is 0 Å². The van der Waals surface area contributed by atoms with Gasteiger partial charge >= 0.3 is 0 Å². The maximum Gasteiger partial charge on any atom is 0.0346 e. The van der Waals surface area contributed by atoms with E-state index in [1.165, 1.54) is 60.7 Å². The summed E-state index contributed by atoms with van der Waals surface area (Å²) in [6.45, 7) is 4.51. The fourth-order valence-corrected chi connectivity index (χ4v) is 6.22. The number of allylic oxidation sites excluding steroid dienone is 2. The largest absolute Gasteiger partial charge is 0.264 e. The molecule has 0 atom stereocenters. The van der Waals surface area contributed by atoms with E-state index in [1.807, 2.05) is 59.6 Å². The van der Waals surface area contributed by atoms with Crippen LogP contribution in [0.4, 0.5) is 0 Å². The number of hydrogen-bond acceptors (Lipinski definition) is 4. The third-order valence-corrected chi connectivity index (χ3v) is 7.54. The van der Waals surface area contributed by atoms with E-state index >= 15 is 0 Å². The fourth-order valence-electron chi connectivity index (χ4n) is 4.42. The Morgan fingerprint density at radius 1 is 0.724 bits per heavy atom. The van der Waals surface area contributed by atoms with Crippen molar-refractivity contribution < 1.29 is 0 Å². The minimum absolute atomic E-state index is 1.14. The maximum atomic E-state index is 4.36. The van der Waals surface area contributed by atoms with Crippen molar-refractivity contribution in [3.05, 3.63) is 80.7 Å². The van der Waals surface area contributed by atoms with Gasteiger partial charge in [0.25, 0.3) is 0 Å². The summed E-state index contributed by atoms with van der Waals surface area (Å²) in [7, 11) is 0. The van der Waals surface area contributed by atoms with Crippen molar-refractivity contribution in [3.63, 3.8) is 0 Å². The lowest BCUT2D eigenvalue weighted by Crippen LogP contribution is -1.92. The lowest BCUT2D eigenvalue weighted by Gasteiger charge is -2.13. The first-order chi connectivity index (χ1) is 14.2. The Labute approximate surface area is 179 Å². The van der Waals surface area contributed by atoms with Gasteiger partial charge in [-0.1, -0.05) is 12.1 Å². The van der Waals surface area contributed by atoms with Crippen molar-refractivity contribution in [1.82, 2.24) is 9.97 Å². The van der Waals surface area contributed by atoms with Crippen molar-refractivity contribution in [2.24, 2.45) is 0 Å². The van der Waals surface area contributed by atoms with Gasteiger partial charge in [-0.3, -0.25) is 9.97 Å². The number of rotatable bonds is 4. The van der Waals surface area contributed by atoms with Gasteiger partial charge in [0.2, 0.25) is 0 Å². The molecule has 1 aliphatic rings. The van der Waals surface area contributed by atoms with Crippen molar-refractivity contribution in [2.75, 3.05) is 0 Å². The minimum atomic E-state index is 1.14. The van der Waals surface area contributed by atoms with Gasteiger partial charge in [0, 0.05) is 56.8 Å². The summed E-state index contributed by atoms with van der Waals surface area (Å²) in [5.74, 6) is 0. The Kier molecular flexibility index (Phi) is 4.90. The van der Waals surface area contributed by atoms with E-state index in [2.05, 4.69) is 46.7 Å². The molecule has 4 heterocycles. The van der Waals surface area contributed by atoms with Crippen LogP contribution in [0.1, 0.15) is 40.1 Å². The van der Waals surface area contributed by atoms with Gasteiger partial charge in [-0.15, -0.1) is 22.7 Å². The van der Waals surface area contributed by atoms with Crippen molar-refractivity contribution in [2.45, 2.75) is 33.1 Å².